The van der Waals surface area contributed by atoms with Gasteiger partial charge in [0, 0.05) is 30.2 Å². The topological polar surface area (TPSA) is 56.7 Å². The maximum Gasteiger partial charge on any atom is 0.317 e. The molecule has 5 nitrogen and oxygen atoms in total. The zero-order valence-electron chi connectivity index (χ0n) is 23.4. The summed E-state index contributed by atoms with van der Waals surface area (Å²) in [4.78, 5) is 20.4. The molecule has 204 valence electrons. The fraction of sp³-hybridized carbons (Fsp3) is 0.500. The molecule has 1 aromatic heterocycles. The first-order valence-electron chi connectivity index (χ1n) is 14.1. The highest BCUT2D eigenvalue weighted by atomic mass is 32.1. The minimum absolute atomic E-state index is 0.0469. The van der Waals surface area contributed by atoms with Crippen LogP contribution in [0.1, 0.15) is 74.9 Å². The highest BCUT2D eigenvalue weighted by molar-refractivity contribution is 7.09. The van der Waals surface area contributed by atoms with E-state index in [4.69, 9.17) is 4.98 Å². The number of carboxylic acids is 1. The zero-order valence-corrected chi connectivity index (χ0v) is 24.2. The first-order chi connectivity index (χ1) is 18.3. The first kappa shape index (κ1) is 28.3. The molecule has 6 heteroatoms. The molecule has 1 N–H and O–H groups in total. The molecule has 0 aliphatic heterocycles. The van der Waals surface area contributed by atoms with Gasteiger partial charge in [-0.2, -0.15) is 0 Å². The van der Waals surface area contributed by atoms with Gasteiger partial charge >= 0.3 is 5.97 Å². The van der Waals surface area contributed by atoms with Crippen LogP contribution in [0.3, 0.4) is 0 Å². The normalized spacial score (nSPS) is 17.7. The van der Waals surface area contributed by atoms with E-state index in [0.29, 0.717) is 12.5 Å². The van der Waals surface area contributed by atoms with Gasteiger partial charge in [0.1, 0.15) is 5.01 Å². The largest absolute Gasteiger partial charge is 0.480 e. The van der Waals surface area contributed by atoms with Gasteiger partial charge in [0.15, 0.2) is 0 Å². The smallest absolute Gasteiger partial charge is 0.317 e. The van der Waals surface area contributed by atoms with Crippen LogP contribution >= 0.6 is 11.3 Å². The van der Waals surface area contributed by atoms with Crippen molar-refractivity contribution in [3.8, 4) is 11.3 Å². The van der Waals surface area contributed by atoms with Crippen LogP contribution in [0.15, 0.2) is 53.9 Å². The summed E-state index contributed by atoms with van der Waals surface area (Å²) in [5, 5.41) is 12.3. The maximum absolute atomic E-state index is 11.3. The molecule has 0 radical (unpaired) electrons. The van der Waals surface area contributed by atoms with Crippen molar-refractivity contribution in [2.45, 2.75) is 71.9 Å². The molecule has 0 amide bonds. The first-order valence-corrected chi connectivity index (χ1v) is 14.9. The Morgan fingerprint density at radius 1 is 1.03 bits per heavy atom. The Labute approximate surface area is 232 Å². The number of carboxylic acid groups (broad SMARTS) is 1. The number of nitrogens with zero attached hydrogens (tertiary/aromatic N) is 3. The van der Waals surface area contributed by atoms with Crippen molar-refractivity contribution in [1.82, 2.24) is 9.88 Å². The summed E-state index contributed by atoms with van der Waals surface area (Å²) in [7, 11) is 2.14. The third kappa shape index (κ3) is 8.15. The Morgan fingerprint density at radius 2 is 1.71 bits per heavy atom. The molecule has 0 atom stereocenters. The molecule has 0 spiro atoms. The van der Waals surface area contributed by atoms with Crippen molar-refractivity contribution >= 4 is 23.0 Å². The Morgan fingerprint density at radius 3 is 2.34 bits per heavy atom. The lowest BCUT2D eigenvalue weighted by Crippen LogP contribution is -2.30. The molecule has 2 aromatic carbocycles. The lowest BCUT2D eigenvalue weighted by Gasteiger charge is -2.26. The Hall–Kier alpha value is -2.70. The van der Waals surface area contributed by atoms with Gasteiger partial charge in [-0.15, -0.1) is 11.3 Å². The van der Waals surface area contributed by atoms with Crippen molar-refractivity contribution < 1.29 is 9.90 Å². The lowest BCUT2D eigenvalue weighted by atomic mass is 9.79. The van der Waals surface area contributed by atoms with Gasteiger partial charge in [-0.1, -0.05) is 70.0 Å². The molecule has 1 saturated carbocycles. The number of aliphatic carboxylic acids is 1. The predicted octanol–water partition coefficient (Wildman–Crippen LogP) is 7.67. The number of hydrogen-bond acceptors (Lipinski definition) is 5. The molecule has 4 rings (SSSR count). The molecule has 0 unspecified atom stereocenters. The van der Waals surface area contributed by atoms with Crippen LogP contribution in [-0.4, -0.2) is 41.1 Å². The van der Waals surface area contributed by atoms with Crippen LogP contribution < -0.4 is 4.90 Å². The predicted molar refractivity (Wildman–Crippen MR) is 159 cm³/mol. The van der Waals surface area contributed by atoms with E-state index in [1.165, 1.54) is 42.5 Å². The molecule has 0 saturated heterocycles. The number of aromatic nitrogens is 1. The van der Waals surface area contributed by atoms with E-state index in [1.807, 2.05) is 4.90 Å². The minimum atomic E-state index is -0.792. The molecule has 1 aliphatic carbocycles. The molecule has 3 aromatic rings. The molecule has 1 fully saturated rings. The van der Waals surface area contributed by atoms with E-state index >= 15 is 0 Å². The summed E-state index contributed by atoms with van der Waals surface area (Å²) < 4.78 is 0. The second kappa shape index (κ2) is 13.4. The summed E-state index contributed by atoms with van der Waals surface area (Å²) in [6, 6.07) is 17.8. The monoisotopic (exact) mass is 533 g/mol. The fourth-order valence-corrected chi connectivity index (χ4v) is 6.14. The standard InChI is InChI=1S/C32H43N3O2S/c1-23(2)17-18-35(21-32(36)37)20-31-33-30(22-38-31)28-13-15-29(16-14-28)34(4)19-25-7-11-27(12-8-25)26-9-5-24(3)6-10-26/h7-8,11-16,22-24,26H,5-6,9-10,17-21H2,1-4H3,(H,36,37)/t24-,26-. The third-order valence-corrected chi connectivity index (χ3v) is 8.62. The van der Waals surface area contributed by atoms with Crippen molar-refractivity contribution in [3.05, 3.63) is 70.0 Å². The van der Waals surface area contributed by atoms with Crippen LogP contribution in [0.25, 0.3) is 11.3 Å². The summed E-state index contributed by atoms with van der Waals surface area (Å²) in [6.07, 6.45) is 6.34. The van der Waals surface area contributed by atoms with E-state index in [2.05, 4.69) is 86.6 Å². The van der Waals surface area contributed by atoms with Gasteiger partial charge in [0.05, 0.1) is 18.8 Å². The number of anilines is 1. The second-order valence-corrected chi connectivity index (χ2v) is 12.5. The number of rotatable bonds is 12. The van der Waals surface area contributed by atoms with Crippen LogP contribution in [-0.2, 0) is 17.9 Å². The van der Waals surface area contributed by atoms with Gasteiger partial charge in [-0.3, -0.25) is 9.69 Å². The maximum atomic E-state index is 11.3. The van der Waals surface area contributed by atoms with E-state index in [-0.39, 0.29) is 6.54 Å². The summed E-state index contributed by atoms with van der Waals surface area (Å²) in [6.45, 7) is 8.96. The van der Waals surface area contributed by atoms with Crippen molar-refractivity contribution in [3.63, 3.8) is 0 Å². The number of thiazole rings is 1. The van der Waals surface area contributed by atoms with Crippen LogP contribution in [0.4, 0.5) is 5.69 Å². The second-order valence-electron chi connectivity index (χ2n) is 11.5. The van der Waals surface area contributed by atoms with Crippen LogP contribution in [0.2, 0.25) is 0 Å². The van der Waals surface area contributed by atoms with Gasteiger partial charge in [-0.05, 0) is 66.8 Å². The van der Waals surface area contributed by atoms with Gasteiger partial charge in [0.2, 0.25) is 0 Å². The quantitative estimate of drug-likeness (QED) is 0.259. The SMILES string of the molecule is CC(C)CCN(CC(=O)O)Cc1nc(-c2ccc(N(C)Cc3ccc([C@H]4CC[C@H](C)CC4)cc3)cc2)cs1. The number of benzene rings is 2. The van der Waals surface area contributed by atoms with Gasteiger partial charge < -0.3 is 10.0 Å². The van der Waals surface area contributed by atoms with Crippen molar-refractivity contribution in [2.24, 2.45) is 11.8 Å². The Balaban J connectivity index is 1.33. The van der Waals surface area contributed by atoms with Gasteiger partial charge in [-0.25, -0.2) is 4.98 Å². The van der Waals surface area contributed by atoms with Crippen molar-refractivity contribution in [1.29, 1.82) is 0 Å². The average molecular weight is 534 g/mol. The van der Waals surface area contributed by atoms with Crippen molar-refractivity contribution in [2.75, 3.05) is 25.0 Å². The average Bonchev–Trinajstić information content (AvgIpc) is 3.36. The molecular formula is C32H43N3O2S. The molecule has 1 heterocycles. The number of hydrogen-bond donors (Lipinski definition) is 1. The van der Waals surface area contributed by atoms with E-state index in [1.54, 1.807) is 11.3 Å². The van der Waals surface area contributed by atoms with Crippen LogP contribution in [0.5, 0.6) is 0 Å². The van der Waals surface area contributed by atoms with E-state index in [0.717, 1.165) is 47.6 Å². The minimum Gasteiger partial charge on any atom is -0.480 e. The van der Waals surface area contributed by atoms with Gasteiger partial charge in [0.25, 0.3) is 0 Å². The lowest BCUT2D eigenvalue weighted by molar-refractivity contribution is -0.138. The van der Waals surface area contributed by atoms with E-state index < -0.39 is 5.97 Å². The molecule has 0 bridgehead atoms. The fourth-order valence-electron chi connectivity index (χ4n) is 5.29. The highest BCUT2D eigenvalue weighted by Crippen LogP contribution is 2.35. The summed E-state index contributed by atoms with van der Waals surface area (Å²) in [5.74, 6) is 1.37. The Bertz CT molecular complexity index is 1150. The van der Waals surface area contributed by atoms with E-state index in [9.17, 15) is 9.90 Å². The van der Waals surface area contributed by atoms with Crippen LogP contribution in [0, 0.1) is 11.8 Å². The molecular weight excluding hydrogens is 490 g/mol. The highest BCUT2D eigenvalue weighted by Gasteiger charge is 2.19. The summed E-state index contributed by atoms with van der Waals surface area (Å²) in [5.41, 5.74) is 6.04. The Kier molecular flexibility index (Phi) is 9.97. The number of carbonyl (C=O) groups is 1. The molecule has 1 aliphatic rings. The molecule has 38 heavy (non-hydrogen) atoms. The zero-order chi connectivity index (χ0) is 27.1. The summed E-state index contributed by atoms with van der Waals surface area (Å²) >= 11 is 1.60. The third-order valence-electron chi connectivity index (χ3n) is 7.78.